The van der Waals surface area contributed by atoms with Gasteiger partial charge in [0.25, 0.3) is 0 Å². The molecule has 0 radical (unpaired) electrons. The van der Waals surface area contributed by atoms with Crippen molar-refractivity contribution in [3.8, 4) is 0 Å². The van der Waals surface area contributed by atoms with Crippen LogP contribution in [0, 0.1) is 5.92 Å². The number of benzene rings is 2. The quantitative estimate of drug-likeness (QED) is 0.798. The molecule has 24 heavy (non-hydrogen) atoms. The van der Waals surface area contributed by atoms with Gasteiger partial charge in [0, 0.05) is 24.2 Å². The highest BCUT2D eigenvalue weighted by Gasteiger charge is 2.06. The van der Waals surface area contributed by atoms with Crippen LogP contribution in [0.15, 0.2) is 60.7 Å². The Hall–Kier alpha value is -2.88. The number of amides is 2. The van der Waals surface area contributed by atoms with Crippen LogP contribution in [0.25, 0.3) is 6.08 Å². The summed E-state index contributed by atoms with van der Waals surface area (Å²) in [7, 11) is 0. The Morgan fingerprint density at radius 1 is 1.00 bits per heavy atom. The van der Waals surface area contributed by atoms with E-state index in [1.165, 1.54) is 6.08 Å². The van der Waals surface area contributed by atoms with Gasteiger partial charge in [-0.05, 0) is 29.3 Å². The van der Waals surface area contributed by atoms with Gasteiger partial charge in [0.15, 0.2) is 0 Å². The maximum Gasteiger partial charge on any atom is 0.244 e. The molecule has 0 bridgehead atoms. The summed E-state index contributed by atoms with van der Waals surface area (Å²) >= 11 is 0. The lowest BCUT2D eigenvalue weighted by Gasteiger charge is -2.08. The lowest BCUT2D eigenvalue weighted by Crippen LogP contribution is -2.20. The highest BCUT2D eigenvalue weighted by atomic mass is 16.2. The summed E-state index contributed by atoms with van der Waals surface area (Å²) in [6, 6.07) is 17.1. The molecule has 2 aromatic carbocycles. The van der Waals surface area contributed by atoms with Gasteiger partial charge in [-0.2, -0.15) is 0 Å². The van der Waals surface area contributed by atoms with Gasteiger partial charge in [-0.15, -0.1) is 0 Å². The highest BCUT2D eigenvalue weighted by molar-refractivity contribution is 5.92. The normalized spacial score (nSPS) is 10.8. The maximum absolute atomic E-state index is 11.8. The van der Waals surface area contributed by atoms with Crippen molar-refractivity contribution in [3.05, 3.63) is 71.8 Å². The average Bonchev–Trinajstić information content (AvgIpc) is 2.60. The van der Waals surface area contributed by atoms with Crippen LogP contribution in [-0.2, 0) is 16.1 Å². The molecule has 0 aromatic heterocycles. The van der Waals surface area contributed by atoms with Gasteiger partial charge in [0.2, 0.25) is 11.8 Å². The van der Waals surface area contributed by atoms with E-state index in [9.17, 15) is 9.59 Å². The Kier molecular flexibility index (Phi) is 6.32. The minimum Gasteiger partial charge on any atom is -0.348 e. The topological polar surface area (TPSA) is 58.2 Å². The molecule has 0 unspecified atom stereocenters. The van der Waals surface area contributed by atoms with E-state index in [0.29, 0.717) is 6.54 Å². The third-order valence-electron chi connectivity index (χ3n) is 3.44. The first-order valence-corrected chi connectivity index (χ1v) is 7.95. The fourth-order valence-electron chi connectivity index (χ4n) is 1.98. The van der Waals surface area contributed by atoms with Crippen LogP contribution >= 0.6 is 0 Å². The van der Waals surface area contributed by atoms with Crippen LogP contribution in [0.4, 0.5) is 5.69 Å². The fraction of sp³-hybridized carbons (Fsp3) is 0.200. The van der Waals surface area contributed by atoms with Gasteiger partial charge in [0.05, 0.1) is 0 Å². The molecule has 2 N–H and O–H groups in total. The molecular formula is C20H22N2O2. The number of carbonyl (C=O) groups is 2. The van der Waals surface area contributed by atoms with E-state index >= 15 is 0 Å². The van der Waals surface area contributed by atoms with Crippen LogP contribution in [-0.4, -0.2) is 11.8 Å². The molecule has 0 saturated carbocycles. The molecular weight excluding hydrogens is 300 g/mol. The Bertz CT molecular complexity index is 704. The van der Waals surface area contributed by atoms with Crippen molar-refractivity contribution >= 4 is 23.6 Å². The zero-order chi connectivity index (χ0) is 17.4. The number of anilines is 1. The molecule has 0 aliphatic carbocycles. The minimum atomic E-state index is -0.143. The predicted octanol–water partition coefficient (Wildman–Crippen LogP) is 3.61. The van der Waals surface area contributed by atoms with Crippen molar-refractivity contribution in [2.45, 2.75) is 20.4 Å². The molecule has 0 saturated heterocycles. The van der Waals surface area contributed by atoms with E-state index in [4.69, 9.17) is 0 Å². The Morgan fingerprint density at radius 2 is 1.67 bits per heavy atom. The number of hydrogen-bond acceptors (Lipinski definition) is 2. The summed E-state index contributed by atoms with van der Waals surface area (Å²) < 4.78 is 0. The van der Waals surface area contributed by atoms with Crippen molar-refractivity contribution in [2.75, 3.05) is 5.32 Å². The molecule has 0 atom stereocenters. The van der Waals surface area contributed by atoms with E-state index in [2.05, 4.69) is 10.6 Å². The molecule has 0 heterocycles. The predicted molar refractivity (Wildman–Crippen MR) is 97.2 cm³/mol. The van der Waals surface area contributed by atoms with Gasteiger partial charge in [-0.3, -0.25) is 9.59 Å². The van der Waals surface area contributed by atoms with Crippen LogP contribution in [0.3, 0.4) is 0 Å². The second-order valence-electron chi connectivity index (χ2n) is 5.80. The molecule has 0 aliphatic heterocycles. The molecule has 0 fully saturated rings. The van der Waals surface area contributed by atoms with Crippen LogP contribution in [0.1, 0.15) is 25.0 Å². The van der Waals surface area contributed by atoms with E-state index in [1.54, 1.807) is 6.08 Å². The number of rotatable bonds is 6. The Balaban J connectivity index is 1.82. The zero-order valence-corrected chi connectivity index (χ0v) is 14.0. The highest BCUT2D eigenvalue weighted by Crippen LogP contribution is 2.11. The molecule has 4 nitrogen and oxygen atoms in total. The molecule has 4 heteroatoms. The summed E-state index contributed by atoms with van der Waals surface area (Å²) in [5.74, 6) is -0.210. The molecule has 0 aliphatic rings. The molecule has 2 aromatic rings. The Labute approximate surface area is 142 Å². The first kappa shape index (κ1) is 17.5. The van der Waals surface area contributed by atoms with Gasteiger partial charge in [0.1, 0.15) is 0 Å². The average molecular weight is 322 g/mol. The third kappa shape index (κ3) is 5.72. The molecule has 2 rings (SSSR count). The fourth-order valence-corrected chi connectivity index (χ4v) is 1.98. The summed E-state index contributed by atoms with van der Waals surface area (Å²) in [5, 5.41) is 5.67. The summed E-state index contributed by atoms with van der Waals surface area (Å²) in [5.41, 5.74) is 2.71. The van der Waals surface area contributed by atoms with Crippen LogP contribution in [0.2, 0.25) is 0 Å². The number of carbonyl (C=O) groups excluding carboxylic acids is 2. The van der Waals surface area contributed by atoms with Gasteiger partial charge in [-0.1, -0.05) is 56.3 Å². The monoisotopic (exact) mass is 322 g/mol. The van der Waals surface area contributed by atoms with Gasteiger partial charge >= 0.3 is 0 Å². The van der Waals surface area contributed by atoms with Gasteiger partial charge < -0.3 is 10.6 Å². The van der Waals surface area contributed by atoms with E-state index in [1.807, 2.05) is 68.4 Å². The Morgan fingerprint density at radius 3 is 2.29 bits per heavy atom. The summed E-state index contributed by atoms with van der Waals surface area (Å²) in [6.45, 7) is 4.14. The number of hydrogen-bond donors (Lipinski definition) is 2. The second-order valence-corrected chi connectivity index (χ2v) is 5.80. The largest absolute Gasteiger partial charge is 0.348 e. The maximum atomic E-state index is 11.8. The molecule has 2 amide bonds. The van der Waals surface area contributed by atoms with E-state index in [-0.39, 0.29) is 17.7 Å². The smallest absolute Gasteiger partial charge is 0.244 e. The number of nitrogens with one attached hydrogen (secondary N) is 2. The van der Waals surface area contributed by atoms with Crippen molar-refractivity contribution in [1.82, 2.24) is 5.32 Å². The van der Waals surface area contributed by atoms with Crippen LogP contribution < -0.4 is 10.6 Å². The summed E-state index contributed by atoms with van der Waals surface area (Å²) in [6.07, 6.45) is 3.30. The standard InChI is InChI=1S/C20H22N2O2/c1-15(2)20(24)22-18-11-8-17(9-12-18)14-21-19(23)13-10-16-6-4-3-5-7-16/h3-13,15H,14H2,1-2H3,(H,21,23)(H,22,24)/b13-10+. The molecule has 0 spiro atoms. The van der Waals surface area contributed by atoms with Crippen molar-refractivity contribution in [2.24, 2.45) is 5.92 Å². The minimum absolute atomic E-state index is 0.0119. The van der Waals surface area contributed by atoms with Crippen molar-refractivity contribution < 1.29 is 9.59 Å². The van der Waals surface area contributed by atoms with Crippen LogP contribution in [0.5, 0.6) is 0 Å². The first-order valence-electron chi connectivity index (χ1n) is 7.95. The van der Waals surface area contributed by atoms with Crippen molar-refractivity contribution in [3.63, 3.8) is 0 Å². The third-order valence-corrected chi connectivity index (χ3v) is 3.44. The van der Waals surface area contributed by atoms with Gasteiger partial charge in [-0.25, -0.2) is 0 Å². The van der Waals surface area contributed by atoms with E-state index in [0.717, 1.165) is 16.8 Å². The lowest BCUT2D eigenvalue weighted by molar-refractivity contribution is -0.119. The molecule has 124 valence electrons. The lowest BCUT2D eigenvalue weighted by atomic mass is 10.1. The second kappa shape index (κ2) is 8.67. The van der Waals surface area contributed by atoms with E-state index < -0.39 is 0 Å². The zero-order valence-electron chi connectivity index (χ0n) is 14.0. The SMILES string of the molecule is CC(C)C(=O)Nc1ccc(CNC(=O)/C=C/c2ccccc2)cc1. The van der Waals surface area contributed by atoms with Crippen molar-refractivity contribution in [1.29, 1.82) is 0 Å². The summed E-state index contributed by atoms with van der Waals surface area (Å²) in [4.78, 5) is 23.4. The first-order chi connectivity index (χ1) is 11.5.